The van der Waals surface area contributed by atoms with Crippen LogP contribution < -0.4 is 15.0 Å². The largest absolute Gasteiger partial charge is 0.506 e. The smallest absolute Gasteiger partial charge is 0.264 e. The number of nitrogens with one attached hydrogen (secondary N) is 1. The number of unbranched alkanes of at least 4 members (excludes halogenated alkanes) is 1. The van der Waals surface area contributed by atoms with Crippen molar-refractivity contribution in [3.05, 3.63) is 88.6 Å². The monoisotopic (exact) mass is 506 g/mol. The number of aromatic hydroxyl groups is 1. The zero-order valence-electron chi connectivity index (χ0n) is 22.5. The lowest BCUT2D eigenvalue weighted by Gasteiger charge is -2.20. The van der Waals surface area contributed by atoms with Crippen LogP contribution in [0.25, 0.3) is 11.1 Å². The first-order valence-corrected chi connectivity index (χ1v) is 12.3. The van der Waals surface area contributed by atoms with Crippen LogP contribution in [-0.4, -0.2) is 37.3 Å². The maximum Gasteiger partial charge on any atom is 0.264 e. The van der Waals surface area contributed by atoms with Gasteiger partial charge in [0.25, 0.3) is 5.56 Å². The second-order valence-electron chi connectivity index (χ2n) is 8.39. The molecule has 1 aromatic carbocycles. The Kier molecular flexibility index (Phi) is 11.5. The number of allylic oxidation sites excluding steroid dienone is 6. The Hall–Kier alpha value is -4.00. The Morgan fingerprint density at radius 1 is 1.11 bits per heavy atom. The van der Waals surface area contributed by atoms with Gasteiger partial charge in [-0.05, 0) is 38.3 Å². The molecule has 1 aromatic heterocycles. The maximum atomic E-state index is 13.2. The Labute approximate surface area is 219 Å². The van der Waals surface area contributed by atoms with E-state index < -0.39 is 5.56 Å². The van der Waals surface area contributed by atoms with E-state index in [-0.39, 0.29) is 17.2 Å². The minimum Gasteiger partial charge on any atom is -0.506 e. The lowest BCUT2D eigenvalue weighted by Crippen LogP contribution is -2.23. The van der Waals surface area contributed by atoms with Gasteiger partial charge >= 0.3 is 0 Å². The molecular formula is C30H38N2O5. The summed E-state index contributed by atoms with van der Waals surface area (Å²) in [5.74, 6) is 1.09. The zero-order valence-corrected chi connectivity index (χ0v) is 22.5. The van der Waals surface area contributed by atoms with Gasteiger partial charge in [-0.3, -0.25) is 9.79 Å². The molecule has 0 aliphatic rings. The van der Waals surface area contributed by atoms with Crippen molar-refractivity contribution < 1.29 is 19.3 Å². The lowest BCUT2D eigenvalue weighted by atomic mass is 9.95. The minimum absolute atomic E-state index is 0.0315. The number of ether oxygens (including phenoxy) is 3. The fourth-order valence-corrected chi connectivity index (χ4v) is 3.83. The van der Waals surface area contributed by atoms with E-state index in [0.717, 1.165) is 18.4 Å². The first-order valence-electron chi connectivity index (χ1n) is 12.3. The molecule has 0 unspecified atom stereocenters. The predicted octanol–water partition coefficient (Wildman–Crippen LogP) is 6.48. The Balaban J connectivity index is 2.54. The van der Waals surface area contributed by atoms with E-state index in [9.17, 15) is 9.90 Å². The van der Waals surface area contributed by atoms with Gasteiger partial charge in [-0.25, -0.2) is 0 Å². The normalized spacial score (nSPS) is 11.8. The number of hydrogen-bond donors (Lipinski definition) is 2. The summed E-state index contributed by atoms with van der Waals surface area (Å²) in [6.07, 6.45) is 11.0. The molecule has 0 aliphatic carbocycles. The second kappa shape index (κ2) is 14.5. The number of hydrogen-bond acceptors (Lipinski definition) is 6. The van der Waals surface area contributed by atoms with Gasteiger partial charge in [-0.1, -0.05) is 62.4 Å². The maximum absolute atomic E-state index is 13.2. The highest BCUT2D eigenvalue weighted by Gasteiger charge is 2.27. The quantitative estimate of drug-likeness (QED) is 0.140. The van der Waals surface area contributed by atoms with Crippen LogP contribution >= 0.6 is 0 Å². The molecule has 2 aromatic rings. The van der Waals surface area contributed by atoms with Gasteiger partial charge in [0.2, 0.25) is 5.90 Å². The van der Waals surface area contributed by atoms with Crippen molar-refractivity contribution >= 4 is 5.90 Å². The first-order chi connectivity index (χ1) is 17.8. The van der Waals surface area contributed by atoms with E-state index in [2.05, 4.69) is 30.1 Å². The van der Waals surface area contributed by atoms with Gasteiger partial charge in [0.15, 0.2) is 0 Å². The van der Waals surface area contributed by atoms with Crippen LogP contribution in [0.3, 0.4) is 0 Å². The number of aromatic amines is 1. The van der Waals surface area contributed by atoms with Crippen molar-refractivity contribution in [1.29, 1.82) is 0 Å². The number of pyridine rings is 1. The van der Waals surface area contributed by atoms with Crippen molar-refractivity contribution in [3.63, 3.8) is 0 Å². The summed E-state index contributed by atoms with van der Waals surface area (Å²) in [5.41, 5.74) is 1.84. The molecule has 0 saturated carbocycles. The molecule has 0 fully saturated rings. The molecular weight excluding hydrogens is 468 g/mol. The zero-order chi connectivity index (χ0) is 27.4. The summed E-state index contributed by atoms with van der Waals surface area (Å²) in [5, 5.41) is 11.5. The number of methoxy groups -OCH3 is 2. The third kappa shape index (κ3) is 7.49. The topological polar surface area (TPSA) is 93.1 Å². The molecule has 0 radical (unpaired) electrons. The van der Waals surface area contributed by atoms with Crippen LogP contribution in [0.5, 0.6) is 17.2 Å². The van der Waals surface area contributed by atoms with E-state index in [1.807, 2.05) is 31.2 Å². The Bertz CT molecular complexity index is 1230. The summed E-state index contributed by atoms with van der Waals surface area (Å²) in [6, 6.07) is 5.34. The molecule has 7 heteroatoms. The van der Waals surface area contributed by atoms with Crippen LogP contribution in [0.4, 0.5) is 0 Å². The van der Waals surface area contributed by atoms with Gasteiger partial charge in [-0.15, -0.1) is 0 Å². The van der Waals surface area contributed by atoms with Gasteiger partial charge < -0.3 is 24.3 Å². The summed E-state index contributed by atoms with van der Waals surface area (Å²) < 4.78 is 17.1. The van der Waals surface area contributed by atoms with Crippen LogP contribution in [0.15, 0.2) is 76.8 Å². The molecule has 0 spiro atoms. The van der Waals surface area contributed by atoms with Gasteiger partial charge in [0.1, 0.15) is 22.8 Å². The third-order valence-corrected chi connectivity index (χ3v) is 5.74. The summed E-state index contributed by atoms with van der Waals surface area (Å²) >= 11 is 0. The summed E-state index contributed by atoms with van der Waals surface area (Å²) in [7, 11) is 4.58. The highest BCUT2D eigenvalue weighted by atomic mass is 16.5. The molecule has 0 amide bonds. The molecule has 37 heavy (non-hydrogen) atoms. The number of aliphatic imine (C=N–C) groups is 1. The number of aryl methyl sites for hydroxylation is 1. The fourth-order valence-electron chi connectivity index (χ4n) is 3.83. The van der Waals surface area contributed by atoms with Crippen molar-refractivity contribution in [2.45, 2.75) is 46.0 Å². The molecule has 2 N–H and O–H groups in total. The molecule has 2 rings (SSSR count). The molecule has 7 nitrogen and oxygen atoms in total. The average molecular weight is 507 g/mol. The fraction of sp³-hybridized carbons (Fsp3) is 0.333. The van der Waals surface area contributed by atoms with Crippen molar-refractivity contribution in [3.8, 4) is 28.4 Å². The van der Waals surface area contributed by atoms with Crippen molar-refractivity contribution in [2.24, 2.45) is 4.99 Å². The van der Waals surface area contributed by atoms with Crippen molar-refractivity contribution in [1.82, 2.24) is 4.98 Å². The lowest BCUT2D eigenvalue weighted by molar-refractivity contribution is 0.390. The number of rotatable bonds is 13. The highest BCUT2D eigenvalue weighted by molar-refractivity contribution is 6.00. The first kappa shape index (κ1) is 29.2. The van der Waals surface area contributed by atoms with Gasteiger partial charge in [-0.2, -0.15) is 0 Å². The summed E-state index contributed by atoms with van der Waals surface area (Å²) in [6.45, 7) is 12.0. The predicted molar refractivity (Wildman–Crippen MR) is 151 cm³/mol. The molecule has 0 aliphatic heterocycles. The SMILES string of the molecule is C=C(/C=C\C=C/C)CCC(=C)OC(=NC)c1c(O)c(-c2c(OC)cccc2OC)c(CCCC)[nH]c1=O. The second-order valence-corrected chi connectivity index (χ2v) is 8.39. The Morgan fingerprint density at radius 2 is 1.78 bits per heavy atom. The van der Waals surface area contributed by atoms with Gasteiger partial charge in [0, 0.05) is 19.2 Å². The molecule has 1 heterocycles. The number of H-pyrrole nitrogens is 1. The number of nitrogens with zero attached hydrogens (tertiary/aromatic N) is 1. The van der Waals surface area contributed by atoms with Crippen LogP contribution in [0.2, 0.25) is 0 Å². The van der Waals surface area contributed by atoms with E-state index in [4.69, 9.17) is 14.2 Å². The van der Waals surface area contributed by atoms with Crippen molar-refractivity contribution in [2.75, 3.05) is 21.3 Å². The third-order valence-electron chi connectivity index (χ3n) is 5.74. The Morgan fingerprint density at radius 3 is 2.35 bits per heavy atom. The van der Waals surface area contributed by atoms with Gasteiger partial charge in [0.05, 0.1) is 31.1 Å². The standard InChI is InChI=1S/C30H38N2O5/c1-8-10-12-14-20(3)18-19-21(4)37-30(31-5)27-28(33)25(22(15-11-9-2)32-29(27)34)26-23(35-6)16-13-17-24(26)36-7/h8,10,12-14,16-17H,3-4,9,11,15,18-19H2,1-2,5-7H3,(H2,32,33,34)/b10-8-,14-12-,31-30?. The van der Waals surface area contributed by atoms with Crippen LogP contribution in [0.1, 0.15) is 50.8 Å². The van der Waals surface area contributed by atoms with E-state index >= 15 is 0 Å². The van der Waals surface area contributed by atoms with E-state index in [1.54, 1.807) is 32.4 Å². The van der Waals surface area contributed by atoms with E-state index in [1.165, 1.54) is 7.05 Å². The summed E-state index contributed by atoms with van der Waals surface area (Å²) in [4.78, 5) is 20.3. The molecule has 0 saturated heterocycles. The molecule has 198 valence electrons. The van der Waals surface area contributed by atoms with Crippen LogP contribution in [-0.2, 0) is 11.2 Å². The van der Waals surface area contributed by atoms with Crippen LogP contribution in [0, 0.1) is 0 Å². The van der Waals surface area contributed by atoms with E-state index in [0.29, 0.717) is 53.3 Å². The highest BCUT2D eigenvalue weighted by Crippen LogP contribution is 2.44. The minimum atomic E-state index is -0.506. The molecule has 0 bridgehead atoms. The number of aromatic nitrogens is 1. The average Bonchev–Trinajstić information content (AvgIpc) is 2.89. The number of benzene rings is 1. The molecule has 0 atom stereocenters.